The number of aryl methyl sites for hydroxylation is 2. The van der Waals surface area contributed by atoms with E-state index >= 15 is 0 Å². The molecule has 0 heteroatoms. The highest BCUT2D eigenvalue weighted by atomic mass is 14.5. The summed E-state index contributed by atoms with van der Waals surface area (Å²) in [7, 11) is 0. The lowest BCUT2D eigenvalue weighted by Crippen LogP contribution is -2.44. The zero-order valence-corrected chi connectivity index (χ0v) is 15.8. The van der Waals surface area contributed by atoms with Gasteiger partial charge in [-0.1, -0.05) is 79.7 Å². The highest BCUT2D eigenvalue weighted by molar-refractivity contribution is 5.77. The molecule has 26 heavy (non-hydrogen) atoms. The van der Waals surface area contributed by atoms with Gasteiger partial charge >= 0.3 is 0 Å². The molecule has 0 saturated carbocycles. The summed E-state index contributed by atoms with van der Waals surface area (Å²) in [6.45, 7) is 11.4. The summed E-state index contributed by atoms with van der Waals surface area (Å²) in [6.07, 6.45) is 0.972. The summed E-state index contributed by atoms with van der Waals surface area (Å²) in [5.74, 6) is 0.337. The van der Waals surface area contributed by atoms with Crippen molar-refractivity contribution in [3.63, 3.8) is 0 Å². The van der Waals surface area contributed by atoms with Crippen LogP contribution in [-0.2, 0) is 5.41 Å². The van der Waals surface area contributed by atoms with E-state index in [-0.39, 0.29) is 5.41 Å². The van der Waals surface area contributed by atoms with E-state index in [0.717, 1.165) is 6.42 Å². The lowest BCUT2D eigenvalue weighted by molar-refractivity contribution is 0.597. The van der Waals surface area contributed by atoms with Crippen LogP contribution in [0.2, 0.25) is 0 Å². The highest BCUT2D eigenvalue weighted by Gasteiger charge is 2.53. The van der Waals surface area contributed by atoms with Crippen molar-refractivity contribution in [2.45, 2.75) is 38.5 Å². The van der Waals surface area contributed by atoms with Crippen molar-refractivity contribution in [3.8, 4) is 0 Å². The Labute approximate surface area is 156 Å². The average Bonchev–Trinajstić information content (AvgIpc) is 2.69. The first-order valence-electron chi connectivity index (χ1n) is 9.60. The van der Waals surface area contributed by atoms with Crippen molar-refractivity contribution in [3.05, 3.63) is 117 Å². The second kappa shape index (κ2) is 5.20. The zero-order valence-electron chi connectivity index (χ0n) is 15.8. The minimum atomic E-state index is -0.220. The fourth-order valence-electron chi connectivity index (χ4n) is 5.60. The Morgan fingerprint density at radius 2 is 1.38 bits per heavy atom. The van der Waals surface area contributed by atoms with Crippen molar-refractivity contribution in [2.24, 2.45) is 0 Å². The lowest BCUT2D eigenvalue weighted by Gasteiger charge is -2.53. The first kappa shape index (κ1) is 15.6. The Morgan fingerprint density at radius 1 is 0.846 bits per heavy atom. The quantitative estimate of drug-likeness (QED) is 0.474. The molecule has 0 nitrogen and oxygen atoms in total. The van der Waals surface area contributed by atoms with Crippen LogP contribution in [0.3, 0.4) is 0 Å². The van der Waals surface area contributed by atoms with E-state index < -0.39 is 0 Å². The van der Waals surface area contributed by atoms with Gasteiger partial charge in [0.15, 0.2) is 0 Å². The summed E-state index contributed by atoms with van der Waals surface area (Å²) in [5, 5.41) is 0. The van der Waals surface area contributed by atoms with E-state index in [0.29, 0.717) is 5.92 Å². The van der Waals surface area contributed by atoms with Gasteiger partial charge in [-0.05, 0) is 64.8 Å². The van der Waals surface area contributed by atoms with Crippen molar-refractivity contribution >= 4 is 0 Å². The minimum Gasteiger partial charge on any atom is -0.0983 e. The van der Waals surface area contributed by atoms with Gasteiger partial charge in [-0.2, -0.15) is 0 Å². The van der Waals surface area contributed by atoms with Gasteiger partial charge in [-0.3, -0.25) is 0 Å². The molecular formula is C26H24. The Kier molecular flexibility index (Phi) is 3.13. The van der Waals surface area contributed by atoms with E-state index in [1.807, 2.05) is 0 Å². The number of hydrogen-bond donors (Lipinski definition) is 0. The molecule has 0 spiro atoms. The summed E-state index contributed by atoms with van der Waals surface area (Å²) in [4.78, 5) is 0. The predicted octanol–water partition coefficient (Wildman–Crippen LogP) is 6.41. The molecule has 0 unspecified atom stereocenters. The molecule has 0 aromatic heterocycles. The van der Waals surface area contributed by atoms with Crippen LogP contribution < -0.4 is 0 Å². The van der Waals surface area contributed by atoms with Gasteiger partial charge in [0, 0.05) is 5.92 Å². The molecule has 6 rings (SSSR count). The van der Waals surface area contributed by atoms with Gasteiger partial charge in [0.05, 0.1) is 5.41 Å². The fraction of sp³-hybridized carbons (Fsp3) is 0.231. The van der Waals surface area contributed by atoms with Crippen LogP contribution in [-0.4, -0.2) is 0 Å². The molecule has 3 aliphatic rings. The Bertz CT molecular complexity index is 1020. The van der Waals surface area contributed by atoms with Crippen LogP contribution >= 0.6 is 0 Å². The molecular weight excluding hydrogens is 312 g/mol. The maximum atomic E-state index is 4.63. The van der Waals surface area contributed by atoms with E-state index in [1.54, 1.807) is 0 Å². The maximum absolute atomic E-state index is 4.63. The van der Waals surface area contributed by atoms with Crippen LogP contribution in [0.1, 0.15) is 63.8 Å². The summed E-state index contributed by atoms with van der Waals surface area (Å²) < 4.78 is 0. The van der Waals surface area contributed by atoms with Crippen LogP contribution in [0, 0.1) is 13.8 Å². The van der Waals surface area contributed by atoms with Gasteiger partial charge in [-0.15, -0.1) is 0 Å². The first-order chi connectivity index (χ1) is 12.6. The summed E-state index contributed by atoms with van der Waals surface area (Å²) >= 11 is 0. The topological polar surface area (TPSA) is 0 Å². The Morgan fingerprint density at radius 3 is 1.96 bits per heavy atom. The zero-order chi connectivity index (χ0) is 18.1. The second-order valence-corrected chi connectivity index (χ2v) is 7.80. The molecule has 128 valence electrons. The van der Waals surface area contributed by atoms with Crippen LogP contribution in [0.15, 0.2) is 72.8 Å². The maximum Gasteiger partial charge on any atom is 0.0670 e. The largest absolute Gasteiger partial charge is 0.0983 e. The van der Waals surface area contributed by atoms with Crippen LogP contribution in [0.5, 0.6) is 0 Å². The highest BCUT2D eigenvalue weighted by Crippen LogP contribution is 2.63. The van der Waals surface area contributed by atoms with Crippen molar-refractivity contribution in [1.29, 1.82) is 0 Å². The normalized spacial score (nSPS) is 21.7. The van der Waals surface area contributed by atoms with Crippen molar-refractivity contribution < 1.29 is 0 Å². The molecule has 3 aromatic carbocycles. The number of allylic oxidation sites excluding steroid dienone is 1. The van der Waals surface area contributed by atoms with Gasteiger partial charge in [0.1, 0.15) is 0 Å². The fourth-order valence-corrected chi connectivity index (χ4v) is 5.60. The number of rotatable bonds is 2. The molecule has 0 atom stereocenters. The van der Waals surface area contributed by atoms with E-state index in [4.69, 9.17) is 0 Å². The molecule has 3 aromatic rings. The SMILES string of the molecule is C=C(CC)C12c3ccccc3C(c3ccccc31)c1c(C)ccc(C)c12. The Balaban J connectivity index is 2.06. The van der Waals surface area contributed by atoms with E-state index in [2.05, 4.69) is 88.0 Å². The van der Waals surface area contributed by atoms with Gasteiger partial charge in [-0.25, -0.2) is 0 Å². The standard InChI is InChI=1S/C26H24/c1-5-18(4)26-21-12-8-6-10-19(21)24(20-11-7-9-13-22(20)26)23-16(2)14-15-17(3)25(23)26/h6-15,24H,4-5H2,1-3H3. The Hall–Kier alpha value is -2.60. The molecule has 2 bridgehead atoms. The lowest BCUT2D eigenvalue weighted by atomic mass is 9.49. The van der Waals surface area contributed by atoms with E-state index in [9.17, 15) is 0 Å². The van der Waals surface area contributed by atoms with Gasteiger partial charge in [0.25, 0.3) is 0 Å². The molecule has 0 fully saturated rings. The molecule has 0 aliphatic heterocycles. The monoisotopic (exact) mass is 336 g/mol. The average molecular weight is 336 g/mol. The molecule has 0 heterocycles. The van der Waals surface area contributed by atoms with Crippen LogP contribution in [0.4, 0.5) is 0 Å². The molecule has 3 aliphatic carbocycles. The third-order valence-electron chi connectivity index (χ3n) is 6.64. The molecule has 0 amide bonds. The summed E-state index contributed by atoms with van der Waals surface area (Å²) in [5.41, 5.74) is 12.7. The van der Waals surface area contributed by atoms with Crippen LogP contribution in [0.25, 0.3) is 0 Å². The molecule has 0 N–H and O–H groups in total. The molecule has 0 saturated heterocycles. The molecule has 0 radical (unpaired) electrons. The van der Waals surface area contributed by atoms with Gasteiger partial charge < -0.3 is 0 Å². The number of benzene rings is 3. The van der Waals surface area contributed by atoms with Gasteiger partial charge in [0.2, 0.25) is 0 Å². The smallest absolute Gasteiger partial charge is 0.0670 e. The second-order valence-electron chi connectivity index (χ2n) is 7.80. The van der Waals surface area contributed by atoms with Crippen molar-refractivity contribution in [1.82, 2.24) is 0 Å². The van der Waals surface area contributed by atoms with Crippen molar-refractivity contribution in [2.75, 3.05) is 0 Å². The minimum absolute atomic E-state index is 0.220. The number of hydrogen-bond acceptors (Lipinski definition) is 0. The summed E-state index contributed by atoms with van der Waals surface area (Å²) in [6, 6.07) is 22.7. The van der Waals surface area contributed by atoms with E-state index in [1.165, 1.54) is 50.1 Å². The predicted molar refractivity (Wildman–Crippen MR) is 109 cm³/mol. The third-order valence-corrected chi connectivity index (χ3v) is 6.64. The first-order valence-corrected chi connectivity index (χ1v) is 9.60. The third kappa shape index (κ3) is 1.61.